The first-order valence-electron chi connectivity index (χ1n) is 9.27. The van der Waals surface area contributed by atoms with Crippen molar-refractivity contribution < 1.29 is 9.59 Å². The number of para-hydroxylation sites is 1. The molecule has 0 unspecified atom stereocenters. The molecule has 3 N–H and O–H groups in total. The Labute approximate surface area is 159 Å². The zero-order valence-electron chi connectivity index (χ0n) is 15.8. The topological polar surface area (TPSA) is 73.5 Å². The minimum absolute atomic E-state index is 0.0103. The fraction of sp³-hybridized carbons (Fsp3) is 0.333. The molecule has 2 aromatic carbocycles. The van der Waals surface area contributed by atoms with Crippen LogP contribution in [0.4, 0.5) is 16.2 Å². The average Bonchev–Trinajstić information content (AvgIpc) is 2.70. The van der Waals surface area contributed by atoms with Crippen molar-refractivity contribution in [1.29, 1.82) is 0 Å². The maximum Gasteiger partial charge on any atom is 0.323 e. The van der Waals surface area contributed by atoms with Gasteiger partial charge < -0.3 is 20.9 Å². The number of amides is 3. The van der Waals surface area contributed by atoms with Crippen LogP contribution in [0.15, 0.2) is 48.5 Å². The van der Waals surface area contributed by atoms with Gasteiger partial charge in [-0.15, -0.1) is 0 Å². The van der Waals surface area contributed by atoms with Gasteiger partial charge in [0.1, 0.15) is 0 Å². The van der Waals surface area contributed by atoms with Crippen LogP contribution in [-0.2, 0) is 0 Å². The predicted molar refractivity (Wildman–Crippen MR) is 108 cm³/mol. The first kappa shape index (κ1) is 18.9. The molecule has 6 heteroatoms. The molecular formula is C21H26N4O2. The van der Waals surface area contributed by atoms with E-state index < -0.39 is 0 Å². The molecule has 0 aromatic heterocycles. The first-order chi connectivity index (χ1) is 13.1. The lowest BCUT2D eigenvalue weighted by atomic mass is 10.0. The van der Waals surface area contributed by atoms with E-state index in [0.717, 1.165) is 31.5 Å². The molecule has 1 fully saturated rings. The number of benzene rings is 2. The number of piperidine rings is 1. The molecule has 6 nitrogen and oxygen atoms in total. The highest BCUT2D eigenvalue weighted by molar-refractivity contribution is 6.02. The van der Waals surface area contributed by atoms with Crippen LogP contribution in [-0.4, -0.2) is 43.0 Å². The number of carbonyl (C=O) groups excluding carboxylic acids is 2. The lowest BCUT2D eigenvalue weighted by Crippen LogP contribution is -2.43. The molecule has 0 aliphatic carbocycles. The zero-order valence-corrected chi connectivity index (χ0v) is 15.8. The molecule has 0 atom stereocenters. The Morgan fingerprint density at radius 3 is 2.37 bits per heavy atom. The average molecular weight is 366 g/mol. The number of hydrogen-bond acceptors (Lipinski definition) is 3. The summed E-state index contributed by atoms with van der Waals surface area (Å²) in [5.74, 6) is 0.0103. The maximum absolute atomic E-state index is 12.8. The Bertz CT molecular complexity index is 799. The van der Waals surface area contributed by atoms with E-state index in [1.807, 2.05) is 61.3 Å². The van der Waals surface area contributed by atoms with E-state index in [1.54, 1.807) is 6.07 Å². The van der Waals surface area contributed by atoms with Gasteiger partial charge >= 0.3 is 6.03 Å². The lowest BCUT2D eigenvalue weighted by Gasteiger charge is -2.32. The second kappa shape index (κ2) is 8.68. The van der Waals surface area contributed by atoms with Crippen LogP contribution in [0.2, 0.25) is 0 Å². The van der Waals surface area contributed by atoms with Gasteiger partial charge in [0.25, 0.3) is 5.91 Å². The molecule has 1 aliphatic rings. The van der Waals surface area contributed by atoms with Crippen LogP contribution >= 0.6 is 0 Å². The molecular weight excluding hydrogens is 340 g/mol. The summed E-state index contributed by atoms with van der Waals surface area (Å²) in [4.78, 5) is 27.0. The molecule has 0 bridgehead atoms. The Balaban J connectivity index is 1.67. The van der Waals surface area contributed by atoms with Crippen molar-refractivity contribution in [2.24, 2.45) is 0 Å². The fourth-order valence-electron chi connectivity index (χ4n) is 3.25. The van der Waals surface area contributed by atoms with Crippen LogP contribution in [0, 0.1) is 6.92 Å². The third-order valence-corrected chi connectivity index (χ3v) is 4.95. The number of aryl methyl sites for hydroxylation is 1. The van der Waals surface area contributed by atoms with E-state index in [0.29, 0.717) is 23.0 Å². The summed E-state index contributed by atoms with van der Waals surface area (Å²) in [7, 11) is 1.96. The minimum atomic E-state index is -0.330. The largest absolute Gasteiger partial charge is 0.339 e. The summed E-state index contributed by atoms with van der Waals surface area (Å²) in [6.07, 6.45) is 1.91. The highest BCUT2D eigenvalue weighted by Crippen LogP contribution is 2.20. The fourth-order valence-corrected chi connectivity index (χ4v) is 3.25. The Morgan fingerprint density at radius 1 is 1.00 bits per heavy atom. The number of anilines is 2. The van der Waals surface area contributed by atoms with Gasteiger partial charge in [-0.2, -0.15) is 0 Å². The molecule has 0 spiro atoms. The van der Waals surface area contributed by atoms with Gasteiger partial charge in [-0.25, -0.2) is 4.79 Å². The van der Waals surface area contributed by atoms with E-state index in [1.165, 1.54) is 0 Å². The summed E-state index contributed by atoms with van der Waals surface area (Å²) in [5.41, 5.74) is 2.86. The summed E-state index contributed by atoms with van der Waals surface area (Å²) in [5, 5.41) is 8.90. The molecule has 0 radical (unpaired) electrons. The number of urea groups is 1. The minimum Gasteiger partial charge on any atom is -0.339 e. The summed E-state index contributed by atoms with van der Waals surface area (Å²) in [6.45, 7) is 3.40. The molecule has 3 rings (SSSR count). The highest BCUT2D eigenvalue weighted by atomic mass is 16.2. The predicted octanol–water partition coefficient (Wildman–Crippen LogP) is 3.46. The van der Waals surface area contributed by atoms with E-state index in [2.05, 4.69) is 16.0 Å². The monoisotopic (exact) mass is 366 g/mol. The van der Waals surface area contributed by atoms with Crippen molar-refractivity contribution in [3.8, 4) is 0 Å². The maximum atomic E-state index is 12.8. The van der Waals surface area contributed by atoms with Crippen LogP contribution < -0.4 is 16.0 Å². The third-order valence-electron chi connectivity index (χ3n) is 4.95. The lowest BCUT2D eigenvalue weighted by molar-refractivity contribution is 0.0707. The van der Waals surface area contributed by atoms with Crippen LogP contribution in [0.3, 0.4) is 0 Å². The quantitative estimate of drug-likeness (QED) is 0.776. The third kappa shape index (κ3) is 4.86. The van der Waals surface area contributed by atoms with Crippen molar-refractivity contribution in [1.82, 2.24) is 10.2 Å². The van der Waals surface area contributed by atoms with E-state index in [-0.39, 0.29) is 11.9 Å². The molecule has 142 valence electrons. The van der Waals surface area contributed by atoms with Crippen LogP contribution in [0.5, 0.6) is 0 Å². The summed E-state index contributed by atoms with van der Waals surface area (Å²) < 4.78 is 0. The number of hydrogen-bond donors (Lipinski definition) is 3. The van der Waals surface area contributed by atoms with Crippen molar-refractivity contribution in [3.63, 3.8) is 0 Å². The molecule has 1 aliphatic heterocycles. The van der Waals surface area contributed by atoms with E-state index in [9.17, 15) is 9.59 Å². The van der Waals surface area contributed by atoms with Crippen LogP contribution in [0.1, 0.15) is 28.8 Å². The number of rotatable bonds is 4. The van der Waals surface area contributed by atoms with Gasteiger partial charge in [0, 0.05) is 36.1 Å². The normalized spacial score (nSPS) is 14.7. The first-order valence-corrected chi connectivity index (χ1v) is 9.27. The second-order valence-electron chi connectivity index (χ2n) is 6.83. The van der Waals surface area contributed by atoms with Gasteiger partial charge in [-0.05, 0) is 56.6 Å². The van der Waals surface area contributed by atoms with Gasteiger partial charge in [-0.3, -0.25) is 4.79 Å². The Hall–Kier alpha value is -2.86. The standard InChI is InChI=1S/C21H26N4O2/c1-15-8-9-16(20(26)25-12-10-17(22-2)11-13-25)14-19(15)24-21(27)23-18-6-4-3-5-7-18/h3-9,14,17,22H,10-13H2,1-2H3,(H2,23,24,27). The van der Waals surface area contributed by atoms with Crippen molar-refractivity contribution in [2.45, 2.75) is 25.8 Å². The van der Waals surface area contributed by atoms with Crippen LogP contribution in [0.25, 0.3) is 0 Å². The number of nitrogens with zero attached hydrogens (tertiary/aromatic N) is 1. The van der Waals surface area contributed by atoms with Gasteiger partial charge in [0.2, 0.25) is 0 Å². The second-order valence-corrected chi connectivity index (χ2v) is 6.83. The molecule has 2 aromatic rings. The smallest absolute Gasteiger partial charge is 0.323 e. The number of carbonyl (C=O) groups is 2. The van der Waals surface area contributed by atoms with Crippen molar-refractivity contribution in [2.75, 3.05) is 30.8 Å². The van der Waals surface area contributed by atoms with Gasteiger partial charge in [0.15, 0.2) is 0 Å². The SMILES string of the molecule is CNC1CCN(C(=O)c2ccc(C)c(NC(=O)Nc3ccccc3)c2)CC1. The van der Waals surface area contributed by atoms with Crippen molar-refractivity contribution in [3.05, 3.63) is 59.7 Å². The van der Waals surface area contributed by atoms with Gasteiger partial charge in [-0.1, -0.05) is 24.3 Å². The number of nitrogens with one attached hydrogen (secondary N) is 3. The van der Waals surface area contributed by atoms with Gasteiger partial charge in [0.05, 0.1) is 0 Å². The van der Waals surface area contributed by atoms with E-state index >= 15 is 0 Å². The van der Waals surface area contributed by atoms with E-state index in [4.69, 9.17) is 0 Å². The molecule has 27 heavy (non-hydrogen) atoms. The highest BCUT2D eigenvalue weighted by Gasteiger charge is 2.23. The van der Waals surface area contributed by atoms with Crippen molar-refractivity contribution >= 4 is 23.3 Å². The number of likely N-dealkylation sites (tertiary alicyclic amines) is 1. The Kier molecular flexibility index (Phi) is 6.08. The summed E-state index contributed by atoms with van der Waals surface area (Å²) >= 11 is 0. The Morgan fingerprint density at radius 2 is 1.70 bits per heavy atom. The zero-order chi connectivity index (χ0) is 19.2. The molecule has 1 heterocycles. The summed E-state index contributed by atoms with van der Waals surface area (Å²) in [6, 6.07) is 14.8. The molecule has 3 amide bonds. The molecule has 0 saturated carbocycles. The molecule has 1 saturated heterocycles.